The van der Waals surface area contributed by atoms with Gasteiger partial charge in [0.1, 0.15) is 0 Å². The van der Waals surface area contributed by atoms with Crippen molar-refractivity contribution in [3.8, 4) is 0 Å². The molecule has 0 saturated carbocycles. The Kier molecular flexibility index (Phi) is 4.68. The summed E-state index contributed by atoms with van der Waals surface area (Å²) in [5, 5.41) is 0. The summed E-state index contributed by atoms with van der Waals surface area (Å²) in [5.41, 5.74) is 6.01. The van der Waals surface area contributed by atoms with Crippen molar-refractivity contribution in [2.45, 2.75) is 16.7 Å². The second-order valence-corrected chi connectivity index (χ2v) is 24.3. The van der Waals surface area contributed by atoms with Gasteiger partial charge in [-0.05, 0) is 0 Å². The number of fused-ring (bicyclic) bond motifs is 2. The molecule has 4 rings (SSSR count). The number of hydrogen-bond acceptors (Lipinski definition) is 0. The molecular weight excluding hydrogens is 443 g/mol. The first kappa shape index (κ1) is 16.4. The number of rotatable bonds is 2. The molecule has 116 valence electrons. The van der Waals surface area contributed by atoms with E-state index in [1.54, 1.807) is 11.1 Å². The van der Waals surface area contributed by atoms with E-state index in [4.69, 9.17) is 0 Å². The molecule has 0 aliphatic heterocycles. The Morgan fingerprint density at radius 1 is 0.696 bits per heavy atom. The van der Waals surface area contributed by atoms with Gasteiger partial charge in [-0.2, -0.15) is 0 Å². The summed E-state index contributed by atoms with van der Waals surface area (Å²) in [5.74, 6) is 0. The molecule has 0 saturated heterocycles. The van der Waals surface area contributed by atoms with Crippen molar-refractivity contribution in [2.75, 3.05) is 0 Å². The van der Waals surface area contributed by atoms with Crippen molar-refractivity contribution in [1.82, 2.24) is 0 Å². The average molecular weight is 467 g/mol. The van der Waals surface area contributed by atoms with Crippen LogP contribution in [-0.2, 0) is 20.0 Å². The molecule has 0 amide bonds. The molecule has 2 aliphatic rings. The van der Waals surface area contributed by atoms with Crippen LogP contribution in [0.25, 0.3) is 12.2 Å². The van der Waals surface area contributed by atoms with Gasteiger partial charge in [-0.1, -0.05) is 0 Å². The first-order valence-electron chi connectivity index (χ1n) is 8.22. The van der Waals surface area contributed by atoms with Crippen molar-refractivity contribution in [1.29, 1.82) is 0 Å². The molecule has 0 spiro atoms. The topological polar surface area (TPSA) is 0 Å². The Bertz CT molecular complexity index is 704. The Labute approximate surface area is 144 Å². The fraction of sp³-hybridized carbons (Fsp3) is 0.182. The van der Waals surface area contributed by atoms with E-state index in [2.05, 4.69) is 95.4 Å². The van der Waals surface area contributed by atoms with Crippen LogP contribution in [0.3, 0.4) is 0 Å². The van der Waals surface area contributed by atoms with E-state index in [-0.39, 0.29) is 0 Å². The molecule has 2 atom stereocenters. The van der Waals surface area contributed by atoms with E-state index >= 15 is 0 Å². The Morgan fingerprint density at radius 3 is 1.52 bits per heavy atom. The van der Waals surface area contributed by atoms with Crippen LogP contribution in [0.4, 0.5) is 0 Å². The van der Waals surface area contributed by atoms with E-state index in [0.717, 1.165) is 0 Å². The van der Waals surface area contributed by atoms with Crippen LogP contribution in [-0.4, -0.2) is 0 Å². The van der Waals surface area contributed by atoms with Gasteiger partial charge in [0.05, 0.1) is 0 Å². The average Bonchev–Trinajstić information content (AvgIpc) is 3.21. The van der Waals surface area contributed by atoms with Crippen LogP contribution in [0, 0.1) is 0 Å². The summed E-state index contributed by atoms with van der Waals surface area (Å²) in [6.45, 7) is 6.00. The molecule has 23 heavy (non-hydrogen) atoms. The van der Waals surface area contributed by atoms with Crippen LogP contribution >= 0.6 is 0 Å². The van der Waals surface area contributed by atoms with Crippen molar-refractivity contribution in [3.63, 3.8) is 0 Å². The summed E-state index contributed by atoms with van der Waals surface area (Å²) in [4.78, 5) is 0. The molecule has 1 heteroatoms. The van der Waals surface area contributed by atoms with Gasteiger partial charge in [-0.15, -0.1) is 13.2 Å². The molecule has 2 aliphatic carbocycles. The number of hydrogen-bond donors (Lipinski definition) is 0. The molecule has 2 aromatic rings. The first-order chi connectivity index (χ1) is 11.2. The van der Waals surface area contributed by atoms with Gasteiger partial charge in [0, 0.05) is 0 Å². The van der Waals surface area contributed by atoms with Gasteiger partial charge >= 0.3 is 132 Å². The van der Waals surface area contributed by atoms with Crippen molar-refractivity contribution in [2.24, 2.45) is 0 Å². The Hall–Kier alpha value is -1.47. The second kappa shape index (κ2) is 6.57. The molecule has 0 aromatic heterocycles. The first-order valence-corrected chi connectivity index (χ1v) is 19.6. The maximum atomic E-state index is 3.00. The minimum absolute atomic E-state index is 0.703. The van der Waals surface area contributed by atoms with Gasteiger partial charge in [0.2, 0.25) is 0 Å². The fourth-order valence-corrected chi connectivity index (χ4v) is 17.3. The summed E-state index contributed by atoms with van der Waals surface area (Å²) < 4.78 is 6.66. The Balaban J connectivity index is 0.000000753. The molecule has 0 fully saturated rings. The molecule has 0 heterocycles. The SMILES string of the molecule is C=C.[CH3][Hf]([CH3])([CH]1C=Cc2ccccc21)[CH]1C=Cc2ccccc21. The van der Waals surface area contributed by atoms with Gasteiger partial charge in [0.25, 0.3) is 0 Å². The zero-order valence-corrected chi connectivity index (χ0v) is 17.6. The van der Waals surface area contributed by atoms with Crippen LogP contribution in [0.15, 0.2) is 73.8 Å². The summed E-state index contributed by atoms with van der Waals surface area (Å²) >= 11 is -2.52. The summed E-state index contributed by atoms with van der Waals surface area (Å²) in [7, 11) is 0. The predicted octanol–water partition coefficient (Wildman–Crippen LogP) is 6.57. The van der Waals surface area contributed by atoms with E-state index in [1.165, 1.54) is 11.1 Å². The van der Waals surface area contributed by atoms with E-state index in [9.17, 15) is 0 Å². The van der Waals surface area contributed by atoms with E-state index in [0.29, 0.717) is 7.35 Å². The molecule has 0 radical (unpaired) electrons. The van der Waals surface area contributed by atoms with Gasteiger partial charge < -0.3 is 0 Å². The van der Waals surface area contributed by atoms with Gasteiger partial charge in [-0.3, -0.25) is 0 Å². The quantitative estimate of drug-likeness (QED) is 0.346. The monoisotopic (exact) mass is 468 g/mol. The molecule has 2 aromatic carbocycles. The molecular formula is C22H24Hf. The Morgan fingerprint density at radius 2 is 1.09 bits per heavy atom. The zero-order valence-electron chi connectivity index (χ0n) is 14.0. The second-order valence-electron chi connectivity index (χ2n) is 6.75. The van der Waals surface area contributed by atoms with E-state index in [1.807, 2.05) is 0 Å². The van der Waals surface area contributed by atoms with E-state index < -0.39 is 20.0 Å². The van der Waals surface area contributed by atoms with Crippen LogP contribution in [0.5, 0.6) is 0 Å². The van der Waals surface area contributed by atoms with Crippen molar-refractivity contribution < 1.29 is 20.0 Å². The number of benzene rings is 2. The summed E-state index contributed by atoms with van der Waals surface area (Å²) in [6, 6.07) is 17.9. The molecule has 0 bridgehead atoms. The summed E-state index contributed by atoms with van der Waals surface area (Å²) in [6.07, 6.45) is 9.65. The third-order valence-corrected chi connectivity index (χ3v) is 20.3. The van der Waals surface area contributed by atoms with Gasteiger partial charge in [-0.25, -0.2) is 0 Å². The van der Waals surface area contributed by atoms with Crippen molar-refractivity contribution in [3.05, 3.63) is 96.1 Å². The predicted molar refractivity (Wildman–Crippen MR) is 99.4 cm³/mol. The van der Waals surface area contributed by atoms with Crippen LogP contribution < -0.4 is 0 Å². The third-order valence-electron chi connectivity index (χ3n) is 5.20. The maximum absolute atomic E-state index is 3.00. The van der Waals surface area contributed by atoms with Gasteiger partial charge in [0.15, 0.2) is 0 Å². The van der Waals surface area contributed by atoms with Crippen LogP contribution in [0.2, 0.25) is 9.36 Å². The minimum atomic E-state index is -2.52. The third kappa shape index (κ3) is 2.76. The molecule has 0 nitrogen and oxygen atoms in total. The fourth-order valence-electron chi connectivity index (χ4n) is 3.99. The normalized spacial score (nSPS) is 20.6. The molecule has 0 N–H and O–H groups in total. The standard InChI is InChI=1S/2C9H7.C2H4.2CH3.Hf/c2*1-2-5-9-7-3-6-8(9)4-1;1-2;;;/h2*1-7H;1-2H2;2*1H3;. The number of allylic oxidation sites excluding steroid dienone is 2. The van der Waals surface area contributed by atoms with Crippen molar-refractivity contribution >= 4 is 12.2 Å². The zero-order chi connectivity index (χ0) is 16.4. The van der Waals surface area contributed by atoms with Crippen LogP contribution in [0.1, 0.15) is 29.6 Å². The molecule has 2 unspecified atom stereocenters.